The van der Waals surface area contributed by atoms with Crippen molar-refractivity contribution in [3.05, 3.63) is 29.8 Å². The molecule has 19 heavy (non-hydrogen) atoms. The molecule has 1 aromatic carbocycles. The second-order valence-electron chi connectivity index (χ2n) is 4.57. The third-order valence-corrected chi connectivity index (χ3v) is 4.18. The van der Waals surface area contributed by atoms with E-state index in [4.69, 9.17) is 0 Å². The summed E-state index contributed by atoms with van der Waals surface area (Å²) in [5, 5.41) is 9.53. The van der Waals surface area contributed by atoms with Crippen molar-refractivity contribution in [2.45, 2.75) is 31.3 Å². The van der Waals surface area contributed by atoms with Gasteiger partial charge in [-0.2, -0.15) is 0 Å². The average molecular weight is 293 g/mol. The van der Waals surface area contributed by atoms with E-state index in [1.165, 1.54) is 0 Å². The van der Waals surface area contributed by atoms with Gasteiger partial charge in [-0.25, -0.2) is 21.9 Å². The first-order chi connectivity index (χ1) is 8.74. The molecule has 0 aliphatic rings. The van der Waals surface area contributed by atoms with Crippen molar-refractivity contribution < 1.29 is 22.3 Å². The molecule has 1 atom stereocenters. The minimum Gasteiger partial charge on any atom is -0.393 e. The Bertz CT molecular complexity index is 532. The van der Waals surface area contributed by atoms with Crippen molar-refractivity contribution >= 4 is 10.0 Å². The van der Waals surface area contributed by atoms with Gasteiger partial charge in [-0.3, -0.25) is 0 Å². The largest absolute Gasteiger partial charge is 0.393 e. The summed E-state index contributed by atoms with van der Waals surface area (Å²) in [4.78, 5) is -0.604. The van der Waals surface area contributed by atoms with Crippen LogP contribution in [0.4, 0.5) is 8.78 Å². The lowest BCUT2D eigenvalue weighted by atomic mass is 10.1. The molecule has 0 aliphatic carbocycles. The maximum Gasteiger partial charge on any atom is 0.243 e. The van der Waals surface area contributed by atoms with Crippen LogP contribution in [0.1, 0.15) is 20.3 Å². The minimum absolute atomic E-state index is 0.00654. The molecule has 0 saturated heterocycles. The van der Waals surface area contributed by atoms with Crippen LogP contribution >= 0.6 is 0 Å². The summed E-state index contributed by atoms with van der Waals surface area (Å²) in [6.07, 6.45) is -0.416. The predicted octanol–water partition coefficient (Wildman–Crippen LogP) is 1.65. The number of hydrogen-bond acceptors (Lipinski definition) is 3. The van der Waals surface area contributed by atoms with Crippen molar-refractivity contribution in [1.29, 1.82) is 0 Å². The van der Waals surface area contributed by atoms with Crippen LogP contribution in [0.2, 0.25) is 0 Å². The second-order valence-corrected chi connectivity index (χ2v) is 6.31. The number of benzene rings is 1. The Kier molecular flexibility index (Phi) is 5.39. The van der Waals surface area contributed by atoms with Gasteiger partial charge in [-0.15, -0.1) is 0 Å². The Morgan fingerprint density at radius 1 is 1.32 bits per heavy atom. The van der Waals surface area contributed by atoms with E-state index >= 15 is 0 Å². The van der Waals surface area contributed by atoms with Crippen molar-refractivity contribution in [3.8, 4) is 0 Å². The fourth-order valence-electron chi connectivity index (χ4n) is 1.45. The standard InChI is InChI=1S/C12H17F2NO3S/c1-8(2)11(16)5-6-15-19(17,18)12-4-3-9(13)7-10(12)14/h3-4,7-8,11,15-16H,5-6H2,1-2H3/t11-/m0/s1. The molecular formula is C12H17F2NO3S. The molecule has 0 aromatic heterocycles. The summed E-state index contributed by atoms with van der Waals surface area (Å²) in [7, 11) is -4.03. The molecule has 2 N–H and O–H groups in total. The third kappa shape index (κ3) is 4.52. The zero-order valence-corrected chi connectivity index (χ0v) is 11.5. The lowest BCUT2D eigenvalue weighted by Crippen LogP contribution is -2.29. The maximum absolute atomic E-state index is 13.4. The average Bonchev–Trinajstić information content (AvgIpc) is 2.27. The fraction of sp³-hybridized carbons (Fsp3) is 0.500. The number of halogens is 2. The van der Waals surface area contributed by atoms with Crippen LogP contribution in [-0.2, 0) is 10.0 Å². The van der Waals surface area contributed by atoms with E-state index in [-0.39, 0.29) is 18.9 Å². The number of sulfonamides is 1. The summed E-state index contributed by atoms with van der Waals surface area (Å²) >= 11 is 0. The third-order valence-electron chi connectivity index (χ3n) is 2.69. The lowest BCUT2D eigenvalue weighted by molar-refractivity contribution is 0.118. The first kappa shape index (κ1) is 16.0. The van der Waals surface area contributed by atoms with E-state index in [9.17, 15) is 22.3 Å². The Morgan fingerprint density at radius 2 is 1.95 bits per heavy atom. The quantitative estimate of drug-likeness (QED) is 0.838. The molecule has 108 valence electrons. The van der Waals surface area contributed by atoms with Gasteiger partial charge in [0.2, 0.25) is 10.0 Å². The van der Waals surface area contributed by atoms with Crippen LogP contribution in [0.5, 0.6) is 0 Å². The molecule has 4 nitrogen and oxygen atoms in total. The number of aliphatic hydroxyl groups excluding tert-OH is 1. The van der Waals surface area contributed by atoms with Gasteiger partial charge in [0, 0.05) is 12.6 Å². The lowest BCUT2D eigenvalue weighted by Gasteiger charge is -2.14. The smallest absolute Gasteiger partial charge is 0.243 e. The Labute approximate surface area is 111 Å². The van der Waals surface area contributed by atoms with Gasteiger partial charge in [-0.05, 0) is 24.5 Å². The molecule has 0 saturated carbocycles. The fourth-order valence-corrected chi connectivity index (χ4v) is 2.55. The van der Waals surface area contributed by atoms with Gasteiger partial charge in [0.1, 0.15) is 16.5 Å². The Hall–Kier alpha value is -1.05. The number of nitrogens with one attached hydrogen (secondary N) is 1. The SMILES string of the molecule is CC(C)[C@@H](O)CCNS(=O)(=O)c1ccc(F)cc1F. The van der Waals surface area contributed by atoms with Crippen LogP contribution in [-0.4, -0.2) is 26.2 Å². The first-order valence-corrected chi connectivity index (χ1v) is 7.35. The van der Waals surface area contributed by atoms with Crippen LogP contribution in [0.15, 0.2) is 23.1 Å². The highest BCUT2D eigenvalue weighted by atomic mass is 32.2. The van der Waals surface area contributed by atoms with Gasteiger partial charge >= 0.3 is 0 Å². The first-order valence-electron chi connectivity index (χ1n) is 5.87. The van der Waals surface area contributed by atoms with E-state index in [0.29, 0.717) is 6.07 Å². The Balaban J connectivity index is 2.71. The highest BCUT2D eigenvalue weighted by Gasteiger charge is 2.19. The highest BCUT2D eigenvalue weighted by Crippen LogP contribution is 2.15. The predicted molar refractivity (Wildman–Crippen MR) is 67.0 cm³/mol. The van der Waals surface area contributed by atoms with Gasteiger partial charge < -0.3 is 5.11 Å². The summed E-state index contributed by atoms with van der Waals surface area (Å²) in [5.41, 5.74) is 0. The molecule has 0 heterocycles. The van der Waals surface area contributed by atoms with Crippen molar-refractivity contribution in [3.63, 3.8) is 0 Å². The second kappa shape index (κ2) is 6.40. The van der Waals surface area contributed by atoms with E-state index in [1.807, 2.05) is 0 Å². The maximum atomic E-state index is 13.4. The summed E-state index contributed by atoms with van der Waals surface area (Å²) in [5.74, 6) is -1.98. The molecule has 0 spiro atoms. The molecule has 0 fully saturated rings. The van der Waals surface area contributed by atoms with Crippen molar-refractivity contribution in [2.24, 2.45) is 5.92 Å². The molecule has 7 heteroatoms. The van der Waals surface area contributed by atoms with Crippen LogP contribution in [0.3, 0.4) is 0 Å². The molecule has 0 bridgehead atoms. The van der Waals surface area contributed by atoms with Crippen molar-refractivity contribution in [1.82, 2.24) is 4.72 Å². The zero-order chi connectivity index (χ0) is 14.6. The number of aliphatic hydroxyl groups is 1. The normalized spacial score (nSPS) is 13.8. The summed E-state index contributed by atoms with van der Waals surface area (Å²) in [6.45, 7) is 3.59. The van der Waals surface area contributed by atoms with Gasteiger partial charge in [0.25, 0.3) is 0 Å². The van der Waals surface area contributed by atoms with Gasteiger partial charge in [0.05, 0.1) is 6.10 Å². The summed E-state index contributed by atoms with van der Waals surface area (Å²) < 4.78 is 51.7. The molecule has 0 aliphatic heterocycles. The molecule has 0 unspecified atom stereocenters. The topological polar surface area (TPSA) is 66.4 Å². The molecular weight excluding hydrogens is 276 g/mol. The Morgan fingerprint density at radius 3 is 2.47 bits per heavy atom. The number of hydrogen-bond donors (Lipinski definition) is 2. The monoisotopic (exact) mass is 293 g/mol. The molecule has 1 rings (SSSR count). The highest BCUT2D eigenvalue weighted by molar-refractivity contribution is 7.89. The van der Waals surface area contributed by atoms with E-state index in [2.05, 4.69) is 4.72 Å². The minimum atomic E-state index is -4.03. The molecule has 0 amide bonds. The molecule has 1 aromatic rings. The van der Waals surface area contributed by atoms with Crippen LogP contribution in [0.25, 0.3) is 0 Å². The van der Waals surface area contributed by atoms with Crippen LogP contribution in [0, 0.1) is 17.6 Å². The van der Waals surface area contributed by atoms with Crippen LogP contribution < -0.4 is 4.72 Å². The van der Waals surface area contributed by atoms with E-state index in [0.717, 1.165) is 12.1 Å². The summed E-state index contributed by atoms with van der Waals surface area (Å²) in [6, 6.07) is 2.25. The van der Waals surface area contributed by atoms with Gasteiger partial charge in [-0.1, -0.05) is 13.8 Å². The van der Waals surface area contributed by atoms with E-state index in [1.54, 1.807) is 13.8 Å². The van der Waals surface area contributed by atoms with Gasteiger partial charge in [0.15, 0.2) is 0 Å². The zero-order valence-electron chi connectivity index (χ0n) is 10.7. The van der Waals surface area contributed by atoms with Crippen molar-refractivity contribution in [2.75, 3.05) is 6.54 Å². The van der Waals surface area contributed by atoms with E-state index < -0.39 is 32.7 Å². The molecule has 0 radical (unpaired) electrons. The number of rotatable bonds is 6.